The number of halogens is 3. The van der Waals surface area contributed by atoms with Crippen LogP contribution in [-0.2, 0) is 11.0 Å². The lowest BCUT2D eigenvalue weighted by Crippen LogP contribution is -2.44. The highest BCUT2D eigenvalue weighted by Crippen LogP contribution is 2.29. The first-order valence-electron chi connectivity index (χ1n) is 10.1. The quantitative estimate of drug-likeness (QED) is 0.585. The molecule has 1 aromatic carbocycles. The van der Waals surface area contributed by atoms with Crippen LogP contribution in [0.5, 0.6) is 5.75 Å². The van der Waals surface area contributed by atoms with E-state index in [2.05, 4.69) is 15.4 Å². The number of ether oxygens (including phenoxy) is 1. The molecule has 2 aromatic heterocycles. The number of anilines is 1. The van der Waals surface area contributed by atoms with Crippen molar-refractivity contribution in [3.05, 3.63) is 65.6 Å². The topological polar surface area (TPSA) is 89.4 Å². The van der Waals surface area contributed by atoms with E-state index in [0.717, 1.165) is 6.07 Å². The zero-order valence-electron chi connectivity index (χ0n) is 18.2. The van der Waals surface area contributed by atoms with Crippen LogP contribution in [-0.4, -0.2) is 56.3 Å². The summed E-state index contributed by atoms with van der Waals surface area (Å²) in [6.07, 6.45) is -2.45. The molecule has 4 rings (SSSR count). The van der Waals surface area contributed by atoms with Gasteiger partial charge in [-0.3, -0.25) is 9.59 Å². The van der Waals surface area contributed by atoms with Gasteiger partial charge in [-0.1, -0.05) is 0 Å². The number of rotatable bonds is 5. The second-order valence-electron chi connectivity index (χ2n) is 7.47. The second-order valence-corrected chi connectivity index (χ2v) is 8.47. The first-order chi connectivity index (χ1) is 16.2. The van der Waals surface area contributed by atoms with E-state index in [-0.39, 0.29) is 17.3 Å². The first-order valence-corrected chi connectivity index (χ1v) is 11.3. The molecule has 1 unspecified atom stereocenters. The zero-order chi connectivity index (χ0) is 24.5. The van der Waals surface area contributed by atoms with Crippen LogP contribution in [0.4, 0.5) is 18.9 Å². The van der Waals surface area contributed by atoms with Crippen LogP contribution in [0.2, 0.25) is 0 Å². The summed E-state index contributed by atoms with van der Waals surface area (Å²) in [5, 5.41) is 6.94. The summed E-state index contributed by atoms with van der Waals surface area (Å²) in [5.41, 5.74) is 0.347. The van der Waals surface area contributed by atoms with E-state index >= 15 is 0 Å². The lowest BCUT2D eigenvalue weighted by Gasteiger charge is -2.23. The molecule has 1 fully saturated rings. The maximum absolute atomic E-state index is 13.2. The van der Waals surface area contributed by atoms with Crippen molar-refractivity contribution in [2.24, 2.45) is 0 Å². The number of hydrogen-bond acceptors (Lipinski definition) is 6. The maximum atomic E-state index is 13.2. The maximum Gasteiger partial charge on any atom is 0.417 e. The van der Waals surface area contributed by atoms with Crippen molar-refractivity contribution in [1.82, 2.24) is 19.7 Å². The molecule has 1 aliphatic heterocycles. The van der Waals surface area contributed by atoms with Gasteiger partial charge in [-0.25, -0.2) is 9.67 Å². The Bertz CT molecular complexity index is 1200. The molecular formula is C22H20F3N5O3S. The van der Waals surface area contributed by atoms with Gasteiger partial charge in [0, 0.05) is 17.6 Å². The number of pyridine rings is 1. The van der Waals surface area contributed by atoms with Gasteiger partial charge in [0.15, 0.2) is 5.82 Å². The SMILES string of the molecule is COc1ccc(NC(=O)C2CSCN2C(=O)c2cnn(-c3ccc(C(F)(F)F)cn3)c2C)cc1. The second kappa shape index (κ2) is 9.37. The zero-order valence-corrected chi connectivity index (χ0v) is 19.0. The smallest absolute Gasteiger partial charge is 0.417 e. The van der Waals surface area contributed by atoms with Crippen molar-refractivity contribution in [2.45, 2.75) is 19.1 Å². The number of aromatic nitrogens is 3. The van der Waals surface area contributed by atoms with Gasteiger partial charge in [0.05, 0.1) is 36.0 Å². The minimum Gasteiger partial charge on any atom is -0.497 e. The third-order valence-corrected chi connectivity index (χ3v) is 6.35. The number of methoxy groups -OCH3 is 1. The summed E-state index contributed by atoms with van der Waals surface area (Å²) >= 11 is 1.45. The normalized spacial score (nSPS) is 15.9. The highest BCUT2D eigenvalue weighted by atomic mass is 32.2. The van der Waals surface area contributed by atoms with E-state index < -0.39 is 23.7 Å². The van der Waals surface area contributed by atoms with Crippen LogP contribution < -0.4 is 10.1 Å². The van der Waals surface area contributed by atoms with Crippen LogP contribution in [0.3, 0.4) is 0 Å². The fourth-order valence-electron chi connectivity index (χ4n) is 3.44. The van der Waals surface area contributed by atoms with Crippen LogP contribution >= 0.6 is 11.8 Å². The third kappa shape index (κ3) is 4.72. The van der Waals surface area contributed by atoms with Crippen LogP contribution in [0.15, 0.2) is 48.8 Å². The van der Waals surface area contributed by atoms with Gasteiger partial charge in [0.25, 0.3) is 5.91 Å². The molecule has 1 atom stereocenters. The number of hydrogen-bond donors (Lipinski definition) is 1. The van der Waals surface area contributed by atoms with E-state index in [4.69, 9.17) is 4.74 Å². The van der Waals surface area contributed by atoms with Gasteiger partial charge in [-0.15, -0.1) is 11.8 Å². The molecule has 0 saturated carbocycles. The molecule has 0 aliphatic carbocycles. The molecule has 12 heteroatoms. The molecule has 0 bridgehead atoms. The molecule has 1 saturated heterocycles. The molecule has 8 nitrogen and oxygen atoms in total. The summed E-state index contributed by atoms with van der Waals surface area (Å²) < 4.78 is 44.8. The molecule has 1 N–H and O–H groups in total. The Balaban J connectivity index is 1.50. The van der Waals surface area contributed by atoms with E-state index in [1.807, 2.05) is 0 Å². The Morgan fingerprint density at radius 3 is 2.50 bits per heavy atom. The Hall–Kier alpha value is -3.54. The van der Waals surface area contributed by atoms with Crippen molar-refractivity contribution in [2.75, 3.05) is 24.1 Å². The van der Waals surface area contributed by atoms with Gasteiger partial charge in [-0.05, 0) is 43.3 Å². The molecule has 178 valence electrons. The number of alkyl halides is 3. The summed E-state index contributed by atoms with van der Waals surface area (Å²) in [6.45, 7) is 1.62. The number of amides is 2. The molecule has 1 aliphatic rings. The van der Waals surface area contributed by atoms with E-state index in [9.17, 15) is 22.8 Å². The molecule has 0 radical (unpaired) electrons. The Morgan fingerprint density at radius 2 is 1.88 bits per heavy atom. The molecular weight excluding hydrogens is 471 g/mol. The van der Waals surface area contributed by atoms with Gasteiger partial charge in [0.2, 0.25) is 5.91 Å². The molecule has 34 heavy (non-hydrogen) atoms. The van der Waals surface area contributed by atoms with Gasteiger partial charge < -0.3 is 15.0 Å². The lowest BCUT2D eigenvalue weighted by molar-refractivity contribution is -0.137. The fraction of sp³-hybridized carbons (Fsp3) is 0.273. The molecule has 0 spiro atoms. The average Bonchev–Trinajstić information content (AvgIpc) is 3.46. The average molecular weight is 491 g/mol. The predicted molar refractivity (Wildman–Crippen MR) is 120 cm³/mol. The van der Waals surface area contributed by atoms with E-state index in [1.165, 1.54) is 33.6 Å². The van der Waals surface area contributed by atoms with E-state index in [1.54, 1.807) is 38.3 Å². The minimum atomic E-state index is -4.50. The number of benzene rings is 1. The highest BCUT2D eigenvalue weighted by molar-refractivity contribution is 7.99. The number of carbonyl (C=O) groups is 2. The highest BCUT2D eigenvalue weighted by Gasteiger charge is 2.36. The monoisotopic (exact) mass is 491 g/mol. The van der Waals surface area contributed by atoms with Crippen LogP contribution in [0.1, 0.15) is 21.6 Å². The van der Waals surface area contributed by atoms with Crippen molar-refractivity contribution < 1.29 is 27.5 Å². The summed E-state index contributed by atoms with van der Waals surface area (Å²) in [7, 11) is 1.55. The van der Waals surface area contributed by atoms with Gasteiger partial charge >= 0.3 is 6.18 Å². The fourth-order valence-corrected chi connectivity index (χ4v) is 4.60. The lowest BCUT2D eigenvalue weighted by atomic mass is 10.2. The first kappa shape index (κ1) is 23.6. The Morgan fingerprint density at radius 1 is 1.15 bits per heavy atom. The summed E-state index contributed by atoms with van der Waals surface area (Å²) in [5.74, 6) is 0.841. The van der Waals surface area contributed by atoms with Gasteiger partial charge in [0.1, 0.15) is 11.8 Å². The van der Waals surface area contributed by atoms with Crippen LogP contribution in [0, 0.1) is 6.92 Å². The number of nitrogens with zero attached hydrogens (tertiary/aromatic N) is 4. The largest absolute Gasteiger partial charge is 0.497 e. The molecule has 3 aromatic rings. The number of nitrogens with one attached hydrogen (secondary N) is 1. The predicted octanol–water partition coefficient (Wildman–Crippen LogP) is 3.76. The minimum absolute atomic E-state index is 0.147. The molecule has 2 amide bonds. The van der Waals surface area contributed by atoms with Crippen molar-refractivity contribution in [3.63, 3.8) is 0 Å². The Kier molecular flexibility index (Phi) is 6.51. The Labute approximate surface area is 197 Å². The van der Waals surface area contributed by atoms with Gasteiger partial charge in [-0.2, -0.15) is 18.3 Å². The van der Waals surface area contributed by atoms with Crippen molar-refractivity contribution in [1.29, 1.82) is 0 Å². The van der Waals surface area contributed by atoms with Crippen LogP contribution in [0.25, 0.3) is 5.82 Å². The van der Waals surface area contributed by atoms with E-state index in [0.29, 0.717) is 35.0 Å². The third-order valence-electron chi connectivity index (χ3n) is 5.34. The number of carbonyl (C=O) groups excluding carboxylic acids is 2. The summed E-state index contributed by atoms with van der Waals surface area (Å²) in [4.78, 5) is 31.4. The standard InChI is InChI=1S/C22H20F3N5O3S/c1-13-17(10-27-30(13)19-8-3-14(9-26-19)22(23,24)25)21(32)29-12-34-11-18(29)20(31)28-15-4-6-16(33-2)7-5-15/h3-10,18H,11-12H2,1-2H3,(H,28,31). The summed E-state index contributed by atoms with van der Waals surface area (Å²) in [6, 6.07) is 8.25. The van der Waals surface area contributed by atoms with Crippen molar-refractivity contribution in [3.8, 4) is 11.6 Å². The van der Waals surface area contributed by atoms with Crippen molar-refractivity contribution >= 4 is 29.3 Å². The number of thioether (sulfide) groups is 1. The molecule has 3 heterocycles.